The van der Waals surface area contributed by atoms with Crippen LogP contribution < -0.4 is 11.1 Å². The van der Waals surface area contributed by atoms with Crippen molar-refractivity contribution >= 4 is 12.0 Å². The van der Waals surface area contributed by atoms with Gasteiger partial charge in [0.05, 0.1) is 12.0 Å². The van der Waals surface area contributed by atoms with Crippen LogP contribution >= 0.6 is 0 Å². The Labute approximate surface area is 120 Å². The molecule has 1 saturated carbocycles. The fourth-order valence-corrected chi connectivity index (χ4v) is 2.51. The Morgan fingerprint density at radius 2 is 2.05 bits per heavy atom. The quantitative estimate of drug-likeness (QED) is 0.810. The number of primary amides is 1. The first kappa shape index (κ1) is 15.2. The number of amides is 2. The van der Waals surface area contributed by atoms with Crippen molar-refractivity contribution in [2.75, 3.05) is 13.2 Å². The van der Waals surface area contributed by atoms with Crippen molar-refractivity contribution in [1.82, 2.24) is 5.32 Å². The molecule has 0 aromatic heterocycles. The molecule has 0 atom stereocenters. The van der Waals surface area contributed by atoms with Crippen molar-refractivity contribution in [3.05, 3.63) is 35.4 Å². The minimum Gasteiger partial charge on any atom is -0.448 e. The minimum atomic E-state index is -0.968. The summed E-state index contributed by atoms with van der Waals surface area (Å²) in [5.74, 6) is -1.76. The molecule has 1 fully saturated rings. The van der Waals surface area contributed by atoms with Gasteiger partial charge in [-0.05, 0) is 18.9 Å². The maximum atomic E-state index is 13.9. The van der Waals surface area contributed by atoms with Crippen LogP contribution in [0.3, 0.4) is 0 Å². The van der Waals surface area contributed by atoms with Crippen LogP contribution in [0.5, 0.6) is 0 Å². The molecule has 0 bridgehead atoms. The zero-order valence-corrected chi connectivity index (χ0v) is 11.3. The van der Waals surface area contributed by atoms with Crippen molar-refractivity contribution < 1.29 is 23.1 Å². The third-order valence-corrected chi connectivity index (χ3v) is 3.72. The Bertz CT molecular complexity index is 559. The monoisotopic (exact) mass is 298 g/mol. The lowest BCUT2D eigenvalue weighted by Crippen LogP contribution is -2.50. The number of carbonyl (C=O) groups excluding carboxylic acids is 2. The first-order valence-corrected chi connectivity index (χ1v) is 6.62. The molecule has 0 heterocycles. The van der Waals surface area contributed by atoms with Gasteiger partial charge in [0.25, 0.3) is 0 Å². The van der Waals surface area contributed by atoms with Gasteiger partial charge in [-0.3, -0.25) is 4.79 Å². The van der Waals surface area contributed by atoms with Crippen LogP contribution in [0.25, 0.3) is 0 Å². The van der Waals surface area contributed by atoms with E-state index in [4.69, 9.17) is 5.73 Å². The number of ether oxygens (including phenoxy) is 1. The highest BCUT2D eigenvalue weighted by Crippen LogP contribution is 2.45. The van der Waals surface area contributed by atoms with Crippen molar-refractivity contribution in [1.29, 1.82) is 0 Å². The van der Waals surface area contributed by atoms with E-state index in [-0.39, 0.29) is 24.6 Å². The first-order valence-electron chi connectivity index (χ1n) is 6.62. The average Bonchev–Trinajstić information content (AvgIpc) is 2.35. The van der Waals surface area contributed by atoms with Crippen LogP contribution in [-0.4, -0.2) is 25.2 Å². The smallest absolute Gasteiger partial charge is 0.404 e. The van der Waals surface area contributed by atoms with Gasteiger partial charge >= 0.3 is 6.09 Å². The van der Waals surface area contributed by atoms with Crippen LogP contribution in [0, 0.1) is 11.6 Å². The van der Waals surface area contributed by atoms with Gasteiger partial charge in [-0.25, -0.2) is 13.6 Å². The third-order valence-electron chi connectivity index (χ3n) is 3.72. The van der Waals surface area contributed by atoms with Gasteiger partial charge in [-0.15, -0.1) is 0 Å². The molecule has 1 aromatic rings. The highest BCUT2D eigenvalue weighted by Gasteiger charge is 2.47. The van der Waals surface area contributed by atoms with Gasteiger partial charge in [0.2, 0.25) is 5.91 Å². The normalized spacial score (nSPS) is 15.9. The second-order valence-electron chi connectivity index (χ2n) is 4.98. The van der Waals surface area contributed by atoms with Crippen molar-refractivity contribution in [3.63, 3.8) is 0 Å². The molecule has 0 radical (unpaired) electrons. The predicted octanol–water partition coefficient (Wildman–Crippen LogP) is 1.60. The van der Waals surface area contributed by atoms with Crippen molar-refractivity contribution in [3.8, 4) is 0 Å². The third kappa shape index (κ3) is 3.12. The molecule has 2 amide bonds. The van der Waals surface area contributed by atoms with E-state index in [2.05, 4.69) is 10.1 Å². The van der Waals surface area contributed by atoms with E-state index in [1.165, 1.54) is 6.07 Å². The van der Waals surface area contributed by atoms with Gasteiger partial charge in [-0.2, -0.15) is 0 Å². The second kappa shape index (κ2) is 6.07. The maximum Gasteiger partial charge on any atom is 0.404 e. The molecule has 21 heavy (non-hydrogen) atoms. The number of nitrogens with one attached hydrogen (secondary N) is 1. The van der Waals surface area contributed by atoms with E-state index >= 15 is 0 Å². The molecule has 0 aliphatic heterocycles. The first-order chi connectivity index (χ1) is 9.95. The summed E-state index contributed by atoms with van der Waals surface area (Å²) in [4.78, 5) is 22.7. The summed E-state index contributed by atoms with van der Waals surface area (Å²) >= 11 is 0. The summed E-state index contributed by atoms with van der Waals surface area (Å²) in [5, 5.41) is 2.59. The zero-order chi connectivity index (χ0) is 15.5. The molecule has 0 unspecified atom stereocenters. The minimum absolute atomic E-state index is 0.0525. The summed E-state index contributed by atoms with van der Waals surface area (Å²) in [5.41, 5.74) is 4.03. The van der Waals surface area contributed by atoms with Gasteiger partial charge in [0, 0.05) is 11.6 Å². The topological polar surface area (TPSA) is 81.4 Å². The van der Waals surface area contributed by atoms with Crippen LogP contribution in [0.15, 0.2) is 18.2 Å². The van der Waals surface area contributed by atoms with E-state index in [1.807, 2.05) is 0 Å². The molecule has 1 aromatic carbocycles. The lowest BCUT2D eigenvalue weighted by molar-refractivity contribution is -0.130. The lowest BCUT2D eigenvalue weighted by Gasteiger charge is -2.40. The summed E-state index contributed by atoms with van der Waals surface area (Å²) < 4.78 is 31.4. The fourth-order valence-electron chi connectivity index (χ4n) is 2.51. The highest BCUT2D eigenvalue weighted by molar-refractivity contribution is 5.89. The number of halogens is 2. The van der Waals surface area contributed by atoms with Crippen LogP contribution in [-0.2, 0) is 14.9 Å². The number of hydrogen-bond acceptors (Lipinski definition) is 3. The van der Waals surface area contributed by atoms with E-state index in [0.29, 0.717) is 12.8 Å². The molecule has 1 aliphatic rings. The highest BCUT2D eigenvalue weighted by atomic mass is 19.1. The Hall–Kier alpha value is -2.18. The number of carbonyl (C=O) groups is 2. The Balaban J connectivity index is 2.06. The summed E-state index contributed by atoms with van der Waals surface area (Å²) in [6.45, 7) is 0.0371. The molecule has 5 nitrogen and oxygen atoms in total. The SMILES string of the molecule is NC(=O)OCCNC(=O)C1(c2ccc(F)cc2F)CCC1. The van der Waals surface area contributed by atoms with Crippen molar-refractivity contribution in [2.24, 2.45) is 5.73 Å². The zero-order valence-electron chi connectivity index (χ0n) is 11.3. The standard InChI is InChI=1S/C14H16F2N2O3/c15-9-2-3-10(11(16)8-9)14(4-1-5-14)12(19)18-6-7-21-13(17)20/h2-3,8H,1,4-7H2,(H2,17,20)(H,18,19). The molecular formula is C14H16F2N2O3. The molecule has 3 N–H and O–H groups in total. The van der Waals surface area contributed by atoms with E-state index in [1.54, 1.807) is 0 Å². The van der Waals surface area contributed by atoms with Gasteiger partial charge < -0.3 is 15.8 Å². The summed E-state index contributed by atoms with van der Waals surface area (Å²) in [6, 6.07) is 3.23. The summed E-state index contributed by atoms with van der Waals surface area (Å²) in [6.07, 6.45) is 0.866. The molecule has 2 rings (SSSR count). The largest absolute Gasteiger partial charge is 0.448 e. The van der Waals surface area contributed by atoms with Gasteiger partial charge in [-0.1, -0.05) is 12.5 Å². The lowest BCUT2D eigenvalue weighted by atomic mass is 9.63. The van der Waals surface area contributed by atoms with Crippen LogP contribution in [0.4, 0.5) is 13.6 Å². The molecule has 0 saturated heterocycles. The van der Waals surface area contributed by atoms with Gasteiger partial charge in [0.1, 0.15) is 18.2 Å². The predicted molar refractivity (Wildman–Crippen MR) is 70.4 cm³/mol. The number of benzene rings is 1. The summed E-state index contributed by atoms with van der Waals surface area (Å²) in [7, 11) is 0. The Morgan fingerprint density at radius 3 is 2.57 bits per heavy atom. The molecular weight excluding hydrogens is 282 g/mol. The number of nitrogens with two attached hydrogens (primary N) is 1. The van der Waals surface area contributed by atoms with Crippen molar-refractivity contribution in [2.45, 2.75) is 24.7 Å². The van der Waals surface area contributed by atoms with Crippen LogP contribution in [0.2, 0.25) is 0 Å². The van der Waals surface area contributed by atoms with E-state index in [9.17, 15) is 18.4 Å². The average molecular weight is 298 g/mol. The maximum absolute atomic E-state index is 13.9. The molecule has 0 spiro atoms. The fraction of sp³-hybridized carbons (Fsp3) is 0.429. The number of rotatable bonds is 5. The van der Waals surface area contributed by atoms with Crippen LogP contribution in [0.1, 0.15) is 24.8 Å². The molecule has 1 aliphatic carbocycles. The second-order valence-corrected chi connectivity index (χ2v) is 4.98. The van der Waals surface area contributed by atoms with Gasteiger partial charge in [0.15, 0.2) is 0 Å². The number of hydrogen-bond donors (Lipinski definition) is 2. The van der Waals surface area contributed by atoms with E-state index < -0.39 is 23.1 Å². The molecule has 114 valence electrons. The van der Waals surface area contributed by atoms with E-state index in [0.717, 1.165) is 18.6 Å². The Kier molecular flexibility index (Phi) is 4.40. The molecule has 7 heteroatoms. The Morgan fingerprint density at radius 1 is 1.33 bits per heavy atom.